The molecule has 2 aromatic carbocycles. The number of thioether (sulfide) groups is 2. The number of nitrogens with zero attached hydrogens (tertiary/aromatic N) is 2. The molecule has 0 aliphatic heterocycles. The second-order valence-corrected chi connectivity index (χ2v) is 7.30. The summed E-state index contributed by atoms with van der Waals surface area (Å²) in [5.74, 6) is 3.50. The van der Waals surface area contributed by atoms with Crippen LogP contribution in [0.4, 0.5) is 0 Å². The summed E-state index contributed by atoms with van der Waals surface area (Å²) in [6.07, 6.45) is 4.17. The summed E-state index contributed by atoms with van der Waals surface area (Å²) in [6, 6.07) is 12.3. The molecule has 0 amide bonds. The van der Waals surface area contributed by atoms with E-state index < -0.39 is 0 Å². The minimum absolute atomic E-state index is 0.825. The first-order valence-corrected chi connectivity index (χ1v) is 10.6. The van der Waals surface area contributed by atoms with Crippen molar-refractivity contribution in [3.05, 3.63) is 47.5 Å². The van der Waals surface area contributed by atoms with E-state index in [4.69, 9.17) is 14.1 Å². The molecular formula is C18H22N2O3S2. The van der Waals surface area contributed by atoms with Crippen molar-refractivity contribution in [1.29, 1.82) is 0 Å². The highest BCUT2D eigenvalue weighted by atomic mass is 32.2. The van der Waals surface area contributed by atoms with Crippen molar-refractivity contribution in [2.45, 2.75) is 11.5 Å². The largest absolute Gasteiger partial charge is 0.497 e. The lowest BCUT2D eigenvalue weighted by Gasteiger charge is -2.06. The number of aromatic nitrogens is 2. The van der Waals surface area contributed by atoms with Crippen molar-refractivity contribution >= 4 is 23.5 Å². The van der Waals surface area contributed by atoms with Gasteiger partial charge in [0, 0.05) is 23.6 Å². The predicted molar refractivity (Wildman–Crippen MR) is 105 cm³/mol. The highest BCUT2D eigenvalue weighted by molar-refractivity contribution is 7.98. The molecule has 3 aromatic rings. The van der Waals surface area contributed by atoms with Gasteiger partial charge >= 0.3 is 0 Å². The van der Waals surface area contributed by atoms with Crippen LogP contribution >= 0.6 is 23.5 Å². The fourth-order valence-electron chi connectivity index (χ4n) is 2.60. The average Bonchev–Trinajstić information content (AvgIpc) is 3.42. The fourth-order valence-corrected chi connectivity index (χ4v) is 3.60. The van der Waals surface area contributed by atoms with Gasteiger partial charge in [-0.2, -0.15) is 23.5 Å². The molecule has 3 rings (SSSR count). The molecule has 0 unspecified atom stereocenters. The summed E-state index contributed by atoms with van der Waals surface area (Å²) >= 11 is 3.55. The van der Waals surface area contributed by atoms with E-state index in [1.54, 1.807) is 47.5 Å². The molecule has 134 valence electrons. The summed E-state index contributed by atoms with van der Waals surface area (Å²) in [4.78, 5) is 3.51. The zero-order chi connectivity index (χ0) is 17.8. The molecule has 0 bridgehead atoms. The van der Waals surface area contributed by atoms with Crippen molar-refractivity contribution < 1.29 is 14.1 Å². The minimum Gasteiger partial charge on any atom is -0.497 e. The van der Waals surface area contributed by atoms with Crippen LogP contribution in [0.3, 0.4) is 0 Å². The molecule has 0 saturated heterocycles. The van der Waals surface area contributed by atoms with E-state index in [9.17, 15) is 0 Å². The van der Waals surface area contributed by atoms with Crippen LogP contribution in [0.1, 0.15) is 11.1 Å². The van der Waals surface area contributed by atoms with Crippen LogP contribution in [0.2, 0.25) is 0 Å². The number of hydrogen-bond acceptors (Lipinski definition) is 5. The molecule has 5 nitrogen and oxygen atoms in total. The molecule has 0 aliphatic rings. The second kappa shape index (κ2) is 8.01. The maximum absolute atomic E-state index is 5.70. The van der Waals surface area contributed by atoms with Crippen LogP contribution in [0, 0.1) is 0 Å². The molecule has 0 saturated carbocycles. The van der Waals surface area contributed by atoms with Crippen LogP contribution in [-0.4, -0.2) is 36.4 Å². The van der Waals surface area contributed by atoms with E-state index in [1.807, 2.05) is 12.1 Å². The molecule has 25 heavy (non-hydrogen) atoms. The summed E-state index contributed by atoms with van der Waals surface area (Å²) in [5, 5.41) is 0. The molecular weight excluding hydrogens is 356 g/mol. The Balaban J connectivity index is 1.94. The topological polar surface area (TPSA) is 41.5 Å². The van der Waals surface area contributed by atoms with Crippen LogP contribution in [-0.2, 0) is 11.5 Å². The number of ether oxygens (including phenoxy) is 2. The molecule has 0 atom stereocenters. The molecule has 0 spiro atoms. The maximum atomic E-state index is 5.70. The van der Waals surface area contributed by atoms with E-state index >= 15 is 0 Å². The monoisotopic (exact) mass is 378 g/mol. The zero-order valence-electron chi connectivity index (χ0n) is 14.8. The van der Waals surface area contributed by atoms with E-state index in [0.29, 0.717) is 0 Å². The van der Waals surface area contributed by atoms with Gasteiger partial charge in [-0.25, -0.2) is 4.63 Å². The van der Waals surface area contributed by atoms with Gasteiger partial charge in [-0.1, -0.05) is 9.71 Å². The number of hydrogen-bond donors (Lipinski definition) is 0. The Morgan fingerprint density at radius 2 is 1.20 bits per heavy atom. The zero-order valence-corrected chi connectivity index (χ0v) is 16.4. The van der Waals surface area contributed by atoms with Crippen LogP contribution in [0.5, 0.6) is 11.5 Å². The van der Waals surface area contributed by atoms with Gasteiger partial charge in [0.25, 0.3) is 0 Å². The smallest absolute Gasteiger partial charge is 0.121 e. The first kappa shape index (κ1) is 17.9. The van der Waals surface area contributed by atoms with Gasteiger partial charge in [0.2, 0.25) is 0 Å². The Labute approximate surface area is 156 Å². The molecule has 1 aromatic heterocycles. The average molecular weight is 379 g/mol. The molecule has 1 heterocycles. The van der Waals surface area contributed by atoms with Gasteiger partial charge in [-0.3, -0.25) is 0 Å². The molecule has 0 N–H and O–H groups in total. The van der Waals surface area contributed by atoms with E-state index in [2.05, 4.69) is 36.8 Å². The standard InChI is InChI=1S/C18H22N2O3S2/c1-21-17-7-13(11-24-3)5-15(9-17)19-20(23-19)16-6-14(12-25-4)8-18(10-16)22-2/h5-10H,11-12H2,1-4H3. The van der Waals surface area contributed by atoms with E-state index in [0.717, 1.165) is 34.4 Å². The summed E-state index contributed by atoms with van der Waals surface area (Å²) in [7, 11) is 3.36. The highest BCUT2D eigenvalue weighted by Gasteiger charge is 2.18. The van der Waals surface area contributed by atoms with Crippen LogP contribution in [0.25, 0.3) is 11.4 Å². The van der Waals surface area contributed by atoms with Crippen LogP contribution < -0.4 is 9.47 Å². The van der Waals surface area contributed by atoms with E-state index in [1.165, 1.54) is 11.1 Å². The normalized spacial score (nSPS) is 11.0. The van der Waals surface area contributed by atoms with Gasteiger partial charge in [-0.15, -0.1) is 0 Å². The van der Waals surface area contributed by atoms with Gasteiger partial charge in [0.1, 0.15) is 22.9 Å². The Hall–Kier alpha value is -1.86. The number of benzene rings is 2. The highest BCUT2D eigenvalue weighted by Crippen LogP contribution is 2.28. The second-order valence-electron chi connectivity index (χ2n) is 5.57. The first-order chi connectivity index (χ1) is 12.2. The van der Waals surface area contributed by atoms with Gasteiger partial charge in [0.05, 0.1) is 14.2 Å². The first-order valence-electron chi connectivity index (χ1n) is 7.80. The Morgan fingerprint density at radius 1 is 0.760 bits per heavy atom. The van der Waals surface area contributed by atoms with Crippen molar-refractivity contribution in [1.82, 2.24) is 9.71 Å². The molecule has 0 fully saturated rings. The molecule has 7 heteroatoms. The van der Waals surface area contributed by atoms with Crippen molar-refractivity contribution in [3.8, 4) is 22.9 Å². The Bertz CT molecular complexity index is 769. The number of methoxy groups -OCH3 is 2. The lowest BCUT2D eigenvalue weighted by molar-refractivity contribution is 0.413. The summed E-state index contributed by atoms with van der Waals surface area (Å²) in [6.45, 7) is 0. The fraction of sp³-hybridized carbons (Fsp3) is 0.333. The maximum Gasteiger partial charge on any atom is 0.121 e. The van der Waals surface area contributed by atoms with Gasteiger partial charge in [0.15, 0.2) is 0 Å². The van der Waals surface area contributed by atoms with Gasteiger partial charge in [-0.05, 0) is 47.9 Å². The minimum atomic E-state index is 0.825. The van der Waals surface area contributed by atoms with E-state index in [-0.39, 0.29) is 0 Å². The third-order valence-corrected chi connectivity index (χ3v) is 4.98. The summed E-state index contributed by atoms with van der Waals surface area (Å²) in [5.41, 5.74) is 4.28. The predicted octanol–water partition coefficient (Wildman–Crippen LogP) is 4.60. The van der Waals surface area contributed by atoms with Crippen molar-refractivity contribution in [3.63, 3.8) is 0 Å². The summed E-state index contributed by atoms with van der Waals surface area (Å²) < 4.78 is 16.5. The van der Waals surface area contributed by atoms with Crippen LogP contribution in [0.15, 0.2) is 41.0 Å². The van der Waals surface area contributed by atoms with Gasteiger partial charge < -0.3 is 9.47 Å². The Kier molecular flexibility index (Phi) is 5.75. The lowest BCUT2D eigenvalue weighted by Crippen LogP contribution is -1.96. The third kappa shape index (κ3) is 4.22. The quantitative estimate of drug-likeness (QED) is 0.573. The van der Waals surface area contributed by atoms with Crippen molar-refractivity contribution in [2.24, 2.45) is 0 Å². The third-order valence-electron chi connectivity index (χ3n) is 3.73. The molecule has 0 radical (unpaired) electrons. The Morgan fingerprint density at radius 3 is 1.56 bits per heavy atom. The SMILES string of the molecule is COc1cc(CSC)cc(-n2on2-c2cc(CSC)cc(OC)c2)c1. The van der Waals surface area contributed by atoms with Crippen molar-refractivity contribution in [2.75, 3.05) is 26.7 Å². The number of rotatable bonds is 8. The molecule has 0 aliphatic carbocycles. The lowest BCUT2D eigenvalue weighted by atomic mass is 10.2.